The third kappa shape index (κ3) is 5.64. The first-order valence-corrected chi connectivity index (χ1v) is 12.5. The van der Waals surface area contributed by atoms with E-state index in [0.717, 1.165) is 11.3 Å². The summed E-state index contributed by atoms with van der Waals surface area (Å²) < 4.78 is 6.77. The maximum Gasteiger partial charge on any atom is 0.309 e. The largest absolute Gasteiger partial charge is 0.466 e. The van der Waals surface area contributed by atoms with E-state index in [1.54, 1.807) is 41.9 Å². The van der Waals surface area contributed by atoms with Crippen molar-refractivity contribution in [2.24, 2.45) is 5.92 Å². The summed E-state index contributed by atoms with van der Waals surface area (Å²) >= 11 is 18.7. The van der Waals surface area contributed by atoms with Crippen molar-refractivity contribution < 1.29 is 14.3 Å². The number of carbonyl (C=O) groups excluding carboxylic acids is 2. The van der Waals surface area contributed by atoms with E-state index in [-0.39, 0.29) is 23.5 Å². The zero-order valence-electron chi connectivity index (χ0n) is 19.4. The summed E-state index contributed by atoms with van der Waals surface area (Å²) in [4.78, 5) is 25.3. The lowest BCUT2D eigenvalue weighted by molar-refractivity contribution is -0.149. The lowest BCUT2D eigenvalue weighted by Crippen LogP contribution is -2.48. The topological polar surface area (TPSA) is 76.5 Å². The third-order valence-electron chi connectivity index (χ3n) is 5.97. The highest BCUT2D eigenvalue weighted by Gasteiger charge is 2.29. The van der Waals surface area contributed by atoms with Crippen LogP contribution in [0.15, 0.2) is 42.5 Å². The highest BCUT2D eigenvalue weighted by atomic mass is 35.5. The Balaban J connectivity index is 1.62. The minimum Gasteiger partial charge on any atom is -0.466 e. The molecule has 0 spiro atoms. The van der Waals surface area contributed by atoms with Crippen molar-refractivity contribution in [3.63, 3.8) is 0 Å². The second kappa shape index (κ2) is 11.0. The number of benzene rings is 2. The van der Waals surface area contributed by atoms with Crippen LogP contribution in [0.2, 0.25) is 15.1 Å². The Bertz CT molecular complexity index is 1240. The SMILES string of the molecule is CCOC(=O)C1CCN(NC(=O)c2nn(-c3ccc(Cl)cc3Cl)c(-c3ccc(Cl)cc3)c2C)CC1. The van der Waals surface area contributed by atoms with Crippen LogP contribution in [0, 0.1) is 12.8 Å². The molecule has 1 N–H and O–H groups in total. The minimum atomic E-state index is -0.337. The molecule has 2 aromatic carbocycles. The maximum atomic E-state index is 13.3. The van der Waals surface area contributed by atoms with Crippen LogP contribution < -0.4 is 5.43 Å². The zero-order chi connectivity index (χ0) is 25.1. The van der Waals surface area contributed by atoms with E-state index in [4.69, 9.17) is 39.5 Å². The minimum absolute atomic E-state index is 0.146. The van der Waals surface area contributed by atoms with Gasteiger partial charge < -0.3 is 4.74 Å². The van der Waals surface area contributed by atoms with E-state index in [2.05, 4.69) is 10.5 Å². The second-order valence-electron chi connectivity index (χ2n) is 8.29. The smallest absolute Gasteiger partial charge is 0.309 e. The Morgan fingerprint density at radius 2 is 1.71 bits per heavy atom. The molecule has 3 aromatic rings. The fourth-order valence-electron chi connectivity index (χ4n) is 4.17. The van der Waals surface area contributed by atoms with Crippen molar-refractivity contribution in [3.05, 3.63) is 68.8 Å². The Morgan fingerprint density at radius 3 is 2.34 bits per heavy atom. The number of carbonyl (C=O) groups is 2. The second-order valence-corrected chi connectivity index (χ2v) is 9.57. The summed E-state index contributed by atoms with van der Waals surface area (Å²) in [6, 6.07) is 12.4. The number of nitrogens with zero attached hydrogens (tertiary/aromatic N) is 3. The van der Waals surface area contributed by atoms with Gasteiger partial charge in [0.25, 0.3) is 5.91 Å². The van der Waals surface area contributed by atoms with Gasteiger partial charge in [-0.2, -0.15) is 5.10 Å². The molecule has 184 valence electrons. The average Bonchev–Trinajstić information content (AvgIpc) is 3.17. The fourth-order valence-corrected chi connectivity index (χ4v) is 4.78. The molecule has 7 nitrogen and oxygen atoms in total. The van der Waals surface area contributed by atoms with Crippen LogP contribution in [0.5, 0.6) is 0 Å². The zero-order valence-corrected chi connectivity index (χ0v) is 21.6. The van der Waals surface area contributed by atoms with E-state index < -0.39 is 0 Å². The van der Waals surface area contributed by atoms with Crippen LogP contribution in [0.25, 0.3) is 16.9 Å². The van der Waals surface area contributed by atoms with Crippen molar-refractivity contribution >= 4 is 46.7 Å². The number of ether oxygens (including phenoxy) is 1. The Hall–Kier alpha value is -2.58. The Morgan fingerprint density at radius 1 is 1.06 bits per heavy atom. The van der Waals surface area contributed by atoms with Gasteiger partial charge in [0.05, 0.1) is 28.9 Å². The predicted octanol–water partition coefficient (Wildman–Crippen LogP) is 5.73. The number of hydrogen-bond acceptors (Lipinski definition) is 5. The summed E-state index contributed by atoms with van der Waals surface area (Å²) in [5.41, 5.74) is 6.05. The Labute approximate surface area is 218 Å². The van der Waals surface area contributed by atoms with E-state index in [1.165, 1.54) is 0 Å². The van der Waals surface area contributed by atoms with Crippen molar-refractivity contribution in [1.82, 2.24) is 20.2 Å². The van der Waals surface area contributed by atoms with Gasteiger partial charge in [0.2, 0.25) is 0 Å². The van der Waals surface area contributed by atoms with Crippen LogP contribution in [0.4, 0.5) is 0 Å². The highest BCUT2D eigenvalue weighted by molar-refractivity contribution is 6.35. The van der Waals surface area contributed by atoms with Crippen molar-refractivity contribution in [2.75, 3.05) is 19.7 Å². The molecule has 0 aliphatic carbocycles. The molecule has 1 aliphatic rings. The third-order valence-corrected chi connectivity index (χ3v) is 6.76. The van der Waals surface area contributed by atoms with Crippen LogP contribution in [-0.4, -0.2) is 46.4 Å². The monoisotopic (exact) mass is 534 g/mol. The average molecular weight is 536 g/mol. The molecule has 1 fully saturated rings. The van der Waals surface area contributed by atoms with E-state index in [0.29, 0.717) is 58.9 Å². The molecule has 0 saturated carbocycles. The van der Waals surface area contributed by atoms with Gasteiger partial charge in [-0.1, -0.05) is 46.9 Å². The van der Waals surface area contributed by atoms with E-state index in [9.17, 15) is 9.59 Å². The number of nitrogens with one attached hydrogen (secondary N) is 1. The van der Waals surface area contributed by atoms with Gasteiger partial charge in [-0.3, -0.25) is 15.0 Å². The molecular weight excluding hydrogens is 511 g/mol. The van der Waals surface area contributed by atoms with Crippen molar-refractivity contribution in [3.8, 4) is 16.9 Å². The maximum absolute atomic E-state index is 13.3. The van der Waals surface area contributed by atoms with Crippen LogP contribution in [-0.2, 0) is 9.53 Å². The first-order chi connectivity index (χ1) is 16.8. The molecule has 0 radical (unpaired) electrons. The Kier molecular flexibility index (Phi) is 8.02. The fraction of sp³-hybridized carbons (Fsp3) is 0.320. The molecule has 2 heterocycles. The number of hydrogen-bond donors (Lipinski definition) is 1. The molecule has 10 heteroatoms. The first kappa shape index (κ1) is 25.5. The lowest BCUT2D eigenvalue weighted by Gasteiger charge is -2.30. The number of hydrazine groups is 1. The summed E-state index contributed by atoms with van der Waals surface area (Å²) in [6.45, 7) is 5.10. The van der Waals surface area contributed by atoms with Crippen LogP contribution in [0.3, 0.4) is 0 Å². The molecule has 1 aliphatic heterocycles. The molecular formula is C25H25Cl3N4O3. The number of halogens is 3. The lowest BCUT2D eigenvalue weighted by atomic mass is 9.98. The van der Waals surface area contributed by atoms with Gasteiger partial charge in [0, 0.05) is 34.3 Å². The highest BCUT2D eigenvalue weighted by Crippen LogP contribution is 2.33. The molecule has 35 heavy (non-hydrogen) atoms. The van der Waals surface area contributed by atoms with Gasteiger partial charge in [-0.25, -0.2) is 9.69 Å². The normalized spacial score (nSPS) is 14.7. The molecule has 1 aromatic heterocycles. The summed E-state index contributed by atoms with van der Waals surface area (Å²) in [5, 5.41) is 7.97. The summed E-state index contributed by atoms with van der Waals surface area (Å²) in [5.74, 6) is -0.663. The van der Waals surface area contributed by atoms with Crippen molar-refractivity contribution in [2.45, 2.75) is 26.7 Å². The molecule has 0 bridgehead atoms. The number of amides is 1. The molecule has 1 saturated heterocycles. The van der Waals surface area contributed by atoms with Crippen molar-refractivity contribution in [1.29, 1.82) is 0 Å². The van der Waals surface area contributed by atoms with Crippen LogP contribution >= 0.6 is 34.8 Å². The van der Waals surface area contributed by atoms with Gasteiger partial charge in [0.1, 0.15) is 0 Å². The van der Waals surface area contributed by atoms with Gasteiger partial charge in [-0.05, 0) is 57.0 Å². The van der Waals surface area contributed by atoms with E-state index >= 15 is 0 Å². The first-order valence-electron chi connectivity index (χ1n) is 11.3. The standard InChI is InChI=1S/C25H25Cl3N4O3/c1-3-35-25(34)17-10-12-31(13-11-17)30-24(33)22-15(2)23(16-4-6-18(26)7-5-16)32(29-22)21-9-8-19(27)14-20(21)28/h4-9,14,17H,3,10-13H2,1-2H3,(H,30,33). The quantitative estimate of drug-likeness (QED) is 0.408. The van der Waals surface area contributed by atoms with Gasteiger partial charge >= 0.3 is 5.97 Å². The molecule has 4 rings (SSSR count). The molecule has 1 amide bonds. The summed E-state index contributed by atoms with van der Waals surface area (Å²) in [6.07, 6.45) is 1.23. The number of aromatic nitrogens is 2. The van der Waals surface area contributed by atoms with Crippen LogP contribution in [0.1, 0.15) is 35.8 Å². The molecule has 0 unspecified atom stereocenters. The van der Waals surface area contributed by atoms with Gasteiger partial charge in [-0.15, -0.1) is 0 Å². The van der Waals surface area contributed by atoms with Gasteiger partial charge in [0.15, 0.2) is 5.69 Å². The number of piperidine rings is 1. The number of esters is 1. The van der Waals surface area contributed by atoms with E-state index in [1.807, 2.05) is 24.1 Å². The predicted molar refractivity (Wildman–Crippen MR) is 137 cm³/mol. The summed E-state index contributed by atoms with van der Waals surface area (Å²) in [7, 11) is 0. The number of rotatable bonds is 6. The molecule has 0 atom stereocenters.